The minimum Gasteiger partial charge on any atom is -0.471 e. The van der Waals surface area contributed by atoms with Crippen LogP contribution in [0.25, 0.3) is 22.2 Å². The van der Waals surface area contributed by atoms with Crippen molar-refractivity contribution in [3.63, 3.8) is 0 Å². The summed E-state index contributed by atoms with van der Waals surface area (Å²) < 4.78 is 6.23. The summed E-state index contributed by atoms with van der Waals surface area (Å²) >= 11 is 0. The topological polar surface area (TPSA) is 54.0 Å². The van der Waals surface area contributed by atoms with Gasteiger partial charge in [-0.25, -0.2) is 0 Å². The highest BCUT2D eigenvalue weighted by Crippen LogP contribution is 2.34. The number of hydrogen-bond donors (Lipinski definition) is 1. The Morgan fingerprint density at radius 3 is 2.72 bits per heavy atom. The predicted molar refractivity (Wildman–Crippen MR) is 97.5 cm³/mol. The molecule has 0 amide bonds. The van der Waals surface area contributed by atoms with Crippen LogP contribution in [0.15, 0.2) is 42.6 Å². The van der Waals surface area contributed by atoms with Gasteiger partial charge in [0.15, 0.2) is 0 Å². The zero-order valence-corrected chi connectivity index (χ0v) is 14.4. The van der Waals surface area contributed by atoms with Crippen molar-refractivity contribution in [1.29, 1.82) is 0 Å². The fourth-order valence-corrected chi connectivity index (χ4v) is 4.34. The van der Waals surface area contributed by atoms with E-state index in [2.05, 4.69) is 51.3 Å². The number of aromatic amines is 1. The Labute approximate surface area is 147 Å². The van der Waals surface area contributed by atoms with Gasteiger partial charge in [0.2, 0.25) is 5.88 Å². The summed E-state index contributed by atoms with van der Waals surface area (Å²) in [6.45, 7) is 4.68. The molecule has 3 aromatic rings. The molecule has 0 unspecified atom stereocenters. The number of nitrogens with one attached hydrogen (secondary N) is 1. The van der Waals surface area contributed by atoms with Crippen LogP contribution >= 0.6 is 0 Å². The van der Waals surface area contributed by atoms with Gasteiger partial charge in [-0.15, -0.1) is 10.2 Å². The van der Waals surface area contributed by atoms with Crippen molar-refractivity contribution < 1.29 is 4.74 Å². The van der Waals surface area contributed by atoms with E-state index < -0.39 is 0 Å². The second-order valence-corrected chi connectivity index (χ2v) is 7.23. The average molecular weight is 334 g/mol. The van der Waals surface area contributed by atoms with Gasteiger partial charge in [0.25, 0.3) is 0 Å². The molecule has 3 aliphatic heterocycles. The Morgan fingerprint density at radius 2 is 1.96 bits per heavy atom. The van der Waals surface area contributed by atoms with E-state index in [1.54, 1.807) is 0 Å². The fourth-order valence-electron chi connectivity index (χ4n) is 4.34. The summed E-state index contributed by atoms with van der Waals surface area (Å²) in [7, 11) is 0. The Bertz CT molecular complexity index is 878. The van der Waals surface area contributed by atoms with E-state index in [9.17, 15) is 0 Å². The highest BCUT2D eigenvalue weighted by atomic mass is 16.5. The first kappa shape index (κ1) is 14.9. The van der Waals surface area contributed by atoms with Crippen LogP contribution in [0, 0.1) is 5.92 Å². The van der Waals surface area contributed by atoms with Crippen LogP contribution < -0.4 is 4.74 Å². The summed E-state index contributed by atoms with van der Waals surface area (Å²) in [5, 5.41) is 9.91. The Morgan fingerprint density at radius 1 is 1.08 bits per heavy atom. The van der Waals surface area contributed by atoms with Gasteiger partial charge in [0.05, 0.1) is 5.69 Å². The molecule has 2 aromatic heterocycles. The maximum atomic E-state index is 6.23. The Balaban J connectivity index is 1.36. The number of fused-ring (bicyclic) bond motifs is 4. The average Bonchev–Trinajstić information content (AvgIpc) is 3.13. The van der Waals surface area contributed by atoms with E-state index in [1.807, 2.05) is 18.3 Å². The monoisotopic (exact) mass is 334 g/mol. The second kappa shape index (κ2) is 5.85. The third-order valence-corrected chi connectivity index (χ3v) is 5.84. The van der Waals surface area contributed by atoms with Gasteiger partial charge in [-0.3, -0.25) is 4.90 Å². The highest BCUT2D eigenvalue weighted by molar-refractivity contribution is 5.84. The molecule has 3 fully saturated rings. The van der Waals surface area contributed by atoms with Crippen molar-refractivity contribution in [2.45, 2.75) is 31.9 Å². The predicted octanol–water partition coefficient (Wildman–Crippen LogP) is 3.49. The van der Waals surface area contributed by atoms with Crippen LogP contribution in [0.5, 0.6) is 5.88 Å². The number of benzene rings is 1. The fraction of sp³-hybridized carbons (Fsp3) is 0.400. The number of rotatable bonds is 3. The van der Waals surface area contributed by atoms with Gasteiger partial charge < -0.3 is 9.72 Å². The van der Waals surface area contributed by atoms with Crippen molar-refractivity contribution in [2.24, 2.45) is 5.92 Å². The summed E-state index contributed by atoms with van der Waals surface area (Å²) in [6, 6.07) is 12.8. The molecule has 0 aliphatic carbocycles. The van der Waals surface area contributed by atoms with Crippen molar-refractivity contribution >= 4 is 10.9 Å². The zero-order chi connectivity index (χ0) is 16.8. The maximum Gasteiger partial charge on any atom is 0.233 e. The molecule has 5 heterocycles. The summed E-state index contributed by atoms with van der Waals surface area (Å²) in [5.41, 5.74) is 3.08. The molecule has 2 bridgehead atoms. The summed E-state index contributed by atoms with van der Waals surface area (Å²) in [6.07, 6.45) is 4.65. The van der Waals surface area contributed by atoms with Crippen LogP contribution in [0.2, 0.25) is 0 Å². The minimum absolute atomic E-state index is 0.235. The van der Waals surface area contributed by atoms with Crippen LogP contribution in [-0.4, -0.2) is 45.3 Å². The number of piperidine rings is 3. The van der Waals surface area contributed by atoms with Crippen LogP contribution in [0.1, 0.15) is 19.8 Å². The number of H-pyrrole nitrogens is 1. The van der Waals surface area contributed by atoms with Gasteiger partial charge in [0.1, 0.15) is 6.10 Å². The van der Waals surface area contributed by atoms with Gasteiger partial charge in [-0.2, -0.15) is 0 Å². The molecule has 0 saturated carbocycles. The standard InChI is InChI=1S/C20H22N4O/c1-13-20(14-7-10-24(13)11-8-14)25-19-5-4-18(22-23-19)15-2-3-17-16(12-15)6-9-21-17/h2-6,9,12-14,20-21H,7-8,10-11H2,1H3/t13-,20+/m1/s1. The zero-order valence-electron chi connectivity index (χ0n) is 14.4. The Hall–Kier alpha value is -2.40. The maximum absolute atomic E-state index is 6.23. The first-order chi connectivity index (χ1) is 12.3. The van der Waals surface area contributed by atoms with Crippen molar-refractivity contribution in [3.8, 4) is 17.1 Å². The first-order valence-electron chi connectivity index (χ1n) is 9.10. The lowest BCUT2D eigenvalue weighted by molar-refractivity contribution is -0.0528. The SMILES string of the molecule is C[C@@H]1[C@H](Oc2ccc(-c3ccc4[nH]ccc4c3)nn2)C2CCN1CC2. The van der Waals surface area contributed by atoms with Crippen LogP contribution in [-0.2, 0) is 0 Å². The van der Waals surface area contributed by atoms with Crippen molar-refractivity contribution in [1.82, 2.24) is 20.1 Å². The van der Waals surface area contributed by atoms with Gasteiger partial charge in [0, 0.05) is 34.8 Å². The first-order valence-corrected chi connectivity index (χ1v) is 9.10. The molecule has 128 valence electrons. The second-order valence-electron chi connectivity index (χ2n) is 7.23. The molecule has 3 aliphatic rings. The molecule has 25 heavy (non-hydrogen) atoms. The molecular weight excluding hydrogens is 312 g/mol. The lowest BCUT2D eigenvalue weighted by Gasteiger charge is -2.48. The van der Waals surface area contributed by atoms with E-state index in [0.29, 0.717) is 17.8 Å². The molecule has 5 nitrogen and oxygen atoms in total. The largest absolute Gasteiger partial charge is 0.471 e. The molecule has 0 spiro atoms. The van der Waals surface area contributed by atoms with Crippen LogP contribution in [0.3, 0.4) is 0 Å². The van der Waals surface area contributed by atoms with Crippen molar-refractivity contribution in [3.05, 3.63) is 42.6 Å². The number of ether oxygens (including phenoxy) is 1. The molecule has 0 radical (unpaired) electrons. The quantitative estimate of drug-likeness (QED) is 0.797. The summed E-state index contributed by atoms with van der Waals surface area (Å²) in [4.78, 5) is 5.74. The molecular formula is C20H22N4O. The highest BCUT2D eigenvalue weighted by Gasteiger charge is 2.41. The summed E-state index contributed by atoms with van der Waals surface area (Å²) in [5.74, 6) is 1.29. The third-order valence-electron chi connectivity index (χ3n) is 5.84. The number of nitrogens with zero attached hydrogens (tertiary/aromatic N) is 3. The van der Waals surface area contributed by atoms with E-state index in [0.717, 1.165) is 16.8 Å². The van der Waals surface area contributed by atoms with E-state index in [-0.39, 0.29) is 6.10 Å². The minimum atomic E-state index is 0.235. The number of aromatic nitrogens is 3. The number of hydrogen-bond acceptors (Lipinski definition) is 4. The molecule has 1 N–H and O–H groups in total. The third kappa shape index (κ3) is 2.59. The Kier molecular flexibility index (Phi) is 3.48. The molecule has 5 heteroatoms. The van der Waals surface area contributed by atoms with E-state index in [1.165, 1.54) is 31.3 Å². The molecule has 2 atom stereocenters. The lowest BCUT2D eigenvalue weighted by Crippen LogP contribution is -2.58. The molecule has 3 saturated heterocycles. The van der Waals surface area contributed by atoms with Crippen molar-refractivity contribution in [2.75, 3.05) is 13.1 Å². The van der Waals surface area contributed by atoms with Gasteiger partial charge in [-0.1, -0.05) is 6.07 Å². The van der Waals surface area contributed by atoms with Gasteiger partial charge in [-0.05, 0) is 63.0 Å². The van der Waals surface area contributed by atoms with E-state index >= 15 is 0 Å². The lowest BCUT2D eigenvalue weighted by atomic mass is 9.81. The van der Waals surface area contributed by atoms with E-state index in [4.69, 9.17) is 4.74 Å². The molecule has 6 rings (SSSR count). The smallest absolute Gasteiger partial charge is 0.233 e. The molecule has 1 aromatic carbocycles. The van der Waals surface area contributed by atoms with Crippen LogP contribution in [0.4, 0.5) is 0 Å². The van der Waals surface area contributed by atoms with Gasteiger partial charge >= 0.3 is 0 Å². The normalized spacial score (nSPS) is 28.4.